The van der Waals surface area contributed by atoms with Gasteiger partial charge in [0.05, 0.1) is 10.6 Å². The molecule has 3 nitrogen and oxygen atoms in total. The number of aryl methyl sites for hydroxylation is 1. The van der Waals surface area contributed by atoms with Crippen LogP contribution in [0.3, 0.4) is 0 Å². The van der Waals surface area contributed by atoms with E-state index in [1.54, 1.807) is 11.3 Å². The lowest BCUT2D eigenvalue weighted by Gasteiger charge is -2.15. The summed E-state index contributed by atoms with van der Waals surface area (Å²) in [6.07, 6.45) is 3.52. The third kappa shape index (κ3) is 2.99. The molecule has 0 bridgehead atoms. The highest BCUT2D eigenvalue weighted by Gasteiger charge is 2.23. The van der Waals surface area contributed by atoms with Gasteiger partial charge in [0.2, 0.25) is 0 Å². The van der Waals surface area contributed by atoms with Crippen molar-refractivity contribution >= 4 is 17.2 Å². The van der Waals surface area contributed by atoms with Gasteiger partial charge in [0.25, 0.3) is 0 Å². The average molecular weight is 352 g/mol. The van der Waals surface area contributed by atoms with Crippen molar-refractivity contribution in [2.45, 2.75) is 46.0 Å². The molecule has 1 N–H and O–H groups in total. The predicted octanol–water partition coefficient (Wildman–Crippen LogP) is 5.78. The molecule has 3 heterocycles. The van der Waals surface area contributed by atoms with Crippen LogP contribution in [0.2, 0.25) is 0 Å². The molecule has 0 radical (unpaired) electrons. The molecule has 0 saturated heterocycles. The molecule has 1 aliphatic heterocycles. The van der Waals surface area contributed by atoms with Gasteiger partial charge in [-0.1, -0.05) is 32.0 Å². The van der Waals surface area contributed by atoms with Gasteiger partial charge in [-0.15, -0.1) is 11.3 Å². The highest BCUT2D eigenvalue weighted by Crippen LogP contribution is 2.37. The SMILES string of the molecule is Cc1csc(-c2nn(-c3ccccc3C(C)C)c3c2CCCCN3)c1. The zero-order valence-electron chi connectivity index (χ0n) is 15.2. The fraction of sp³-hybridized carbons (Fsp3) is 0.381. The summed E-state index contributed by atoms with van der Waals surface area (Å²) in [5, 5.41) is 11.0. The first-order valence-corrected chi connectivity index (χ1v) is 10.0. The van der Waals surface area contributed by atoms with Crippen molar-refractivity contribution in [3.8, 4) is 16.3 Å². The number of nitrogens with one attached hydrogen (secondary N) is 1. The van der Waals surface area contributed by atoms with Crippen LogP contribution in [0.5, 0.6) is 0 Å². The molecule has 2 aromatic heterocycles. The molecule has 1 aliphatic rings. The molecular weight excluding hydrogens is 326 g/mol. The van der Waals surface area contributed by atoms with Crippen molar-refractivity contribution in [3.05, 3.63) is 52.4 Å². The summed E-state index contributed by atoms with van der Waals surface area (Å²) in [7, 11) is 0. The number of rotatable bonds is 3. The molecule has 0 unspecified atom stereocenters. The van der Waals surface area contributed by atoms with E-state index >= 15 is 0 Å². The minimum Gasteiger partial charge on any atom is -0.370 e. The number of thiophene rings is 1. The van der Waals surface area contributed by atoms with Crippen molar-refractivity contribution in [1.29, 1.82) is 0 Å². The summed E-state index contributed by atoms with van der Waals surface area (Å²) in [5.74, 6) is 1.65. The van der Waals surface area contributed by atoms with Crippen molar-refractivity contribution in [2.24, 2.45) is 0 Å². The van der Waals surface area contributed by atoms with E-state index in [1.165, 1.54) is 45.9 Å². The van der Waals surface area contributed by atoms with Gasteiger partial charge in [-0.2, -0.15) is 5.10 Å². The monoisotopic (exact) mass is 351 g/mol. The van der Waals surface area contributed by atoms with Crippen LogP contribution in [0.4, 0.5) is 5.82 Å². The predicted molar refractivity (Wildman–Crippen MR) is 107 cm³/mol. The van der Waals surface area contributed by atoms with E-state index in [4.69, 9.17) is 5.10 Å². The van der Waals surface area contributed by atoms with Crippen LogP contribution in [0, 0.1) is 6.92 Å². The molecule has 0 saturated carbocycles. The first-order valence-electron chi connectivity index (χ1n) is 9.15. The minimum absolute atomic E-state index is 0.467. The molecule has 0 aliphatic carbocycles. The molecular formula is C21H25N3S. The fourth-order valence-electron chi connectivity index (χ4n) is 3.60. The second-order valence-corrected chi connectivity index (χ2v) is 8.08. The Labute approximate surface area is 153 Å². The van der Waals surface area contributed by atoms with E-state index in [9.17, 15) is 0 Å². The summed E-state index contributed by atoms with van der Waals surface area (Å²) < 4.78 is 2.15. The number of fused-ring (bicyclic) bond motifs is 1. The Morgan fingerprint density at radius 2 is 2.04 bits per heavy atom. The zero-order chi connectivity index (χ0) is 17.4. The second kappa shape index (κ2) is 6.68. The van der Waals surface area contributed by atoms with E-state index < -0.39 is 0 Å². The normalized spacial score (nSPS) is 14.2. The molecule has 1 aromatic carbocycles. The number of nitrogens with zero attached hydrogens (tertiary/aromatic N) is 2. The smallest absolute Gasteiger partial charge is 0.133 e. The van der Waals surface area contributed by atoms with Gasteiger partial charge in [-0.25, -0.2) is 4.68 Å². The van der Waals surface area contributed by atoms with Gasteiger partial charge in [-0.3, -0.25) is 0 Å². The van der Waals surface area contributed by atoms with Crippen LogP contribution in [-0.2, 0) is 6.42 Å². The van der Waals surface area contributed by atoms with Gasteiger partial charge in [0, 0.05) is 12.1 Å². The highest BCUT2D eigenvalue weighted by atomic mass is 32.1. The standard InChI is InChI=1S/C21H25N3S/c1-14(2)16-8-4-5-10-18(16)24-21-17(9-6-7-11-22-21)20(23-24)19-12-15(3)13-25-19/h4-5,8,10,12-14,22H,6-7,9,11H2,1-3H3. The summed E-state index contributed by atoms with van der Waals surface area (Å²) in [4.78, 5) is 1.28. The van der Waals surface area contributed by atoms with E-state index in [2.05, 4.69) is 66.5 Å². The maximum atomic E-state index is 5.09. The lowest BCUT2D eigenvalue weighted by atomic mass is 10.0. The van der Waals surface area contributed by atoms with Crippen LogP contribution in [0.25, 0.3) is 16.3 Å². The third-order valence-corrected chi connectivity index (χ3v) is 5.94. The van der Waals surface area contributed by atoms with E-state index in [0.717, 1.165) is 18.7 Å². The molecule has 130 valence electrons. The van der Waals surface area contributed by atoms with Crippen LogP contribution < -0.4 is 5.32 Å². The highest BCUT2D eigenvalue weighted by molar-refractivity contribution is 7.13. The summed E-state index contributed by atoms with van der Waals surface area (Å²) in [6.45, 7) is 7.67. The molecule has 0 spiro atoms. The van der Waals surface area contributed by atoms with Crippen LogP contribution in [0.1, 0.15) is 49.3 Å². The molecule has 0 atom stereocenters. The van der Waals surface area contributed by atoms with E-state index in [-0.39, 0.29) is 0 Å². The lowest BCUT2D eigenvalue weighted by molar-refractivity contribution is 0.777. The molecule has 3 aromatic rings. The first-order chi connectivity index (χ1) is 12.1. The van der Waals surface area contributed by atoms with Gasteiger partial charge in [0.15, 0.2) is 0 Å². The largest absolute Gasteiger partial charge is 0.370 e. The topological polar surface area (TPSA) is 29.9 Å². The molecule has 0 fully saturated rings. The third-order valence-electron chi connectivity index (χ3n) is 4.88. The minimum atomic E-state index is 0.467. The molecule has 25 heavy (non-hydrogen) atoms. The molecule has 4 heteroatoms. The number of anilines is 1. The Morgan fingerprint density at radius 1 is 1.20 bits per heavy atom. The Balaban J connectivity index is 1.93. The van der Waals surface area contributed by atoms with Gasteiger partial charge < -0.3 is 5.32 Å². The Kier molecular flexibility index (Phi) is 4.38. The maximum Gasteiger partial charge on any atom is 0.133 e. The number of hydrogen-bond donors (Lipinski definition) is 1. The van der Waals surface area contributed by atoms with Crippen molar-refractivity contribution in [1.82, 2.24) is 9.78 Å². The van der Waals surface area contributed by atoms with Gasteiger partial charge in [-0.05, 0) is 60.7 Å². The molecule has 0 amide bonds. The van der Waals surface area contributed by atoms with Crippen LogP contribution >= 0.6 is 11.3 Å². The second-order valence-electron chi connectivity index (χ2n) is 7.17. The number of benzene rings is 1. The molecule has 4 rings (SSSR count). The number of aromatic nitrogens is 2. The van der Waals surface area contributed by atoms with E-state index in [1.807, 2.05) is 0 Å². The summed E-state index contributed by atoms with van der Waals surface area (Å²) in [5.41, 5.74) is 6.38. The zero-order valence-corrected chi connectivity index (χ0v) is 16.0. The Hall–Kier alpha value is -2.07. The average Bonchev–Trinajstić information content (AvgIpc) is 3.10. The quantitative estimate of drug-likeness (QED) is 0.648. The number of para-hydroxylation sites is 1. The Morgan fingerprint density at radius 3 is 2.80 bits per heavy atom. The van der Waals surface area contributed by atoms with Crippen molar-refractivity contribution in [3.63, 3.8) is 0 Å². The summed E-state index contributed by atoms with van der Waals surface area (Å²) >= 11 is 1.80. The van der Waals surface area contributed by atoms with Crippen molar-refractivity contribution in [2.75, 3.05) is 11.9 Å². The Bertz CT molecular complexity index is 888. The van der Waals surface area contributed by atoms with Gasteiger partial charge >= 0.3 is 0 Å². The van der Waals surface area contributed by atoms with E-state index in [0.29, 0.717) is 5.92 Å². The van der Waals surface area contributed by atoms with Crippen molar-refractivity contribution < 1.29 is 0 Å². The first kappa shape index (κ1) is 16.4. The van der Waals surface area contributed by atoms with Gasteiger partial charge in [0.1, 0.15) is 11.5 Å². The number of hydrogen-bond acceptors (Lipinski definition) is 3. The lowest BCUT2D eigenvalue weighted by Crippen LogP contribution is -2.09. The summed E-state index contributed by atoms with van der Waals surface area (Å²) in [6, 6.07) is 10.9. The maximum absolute atomic E-state index is 5.09. The fourth-order valence-corrected chi connectivity index (χ4v) is 4.51. The van der Waals surface area contributed by atoms with Crippen LogP contribution in [-0.4, -0.2) is 16.3 Å². The van der Waals surface area contributed by atoms with Crippen LogP contribution in [0.15, 0.2) is 35.7 Å².